The first kappa shape index (κ1) is 6.16. The van der Waals surface area contributed by atoms with Gasteiger partial charge in [0.1, 0.15) is 5.02 Å². The first-order valence-corrected chi connectivity index (χ1v) is 2.66. The number of halogens is 1. The molecule has 2 N–H and O–H groups in total. The van der Waals surface area contributed by atoms with Crippen LogP contribution in [0.25, 0.3) is 0 Å². The summed E-state index contributed by atoms with van der Waals surface area (Å²) >= 11 is 5.36. The largest absolute Gasteiger partial charge is 0.493 e. The molecule has 0 aromatic carbocycles. The van der Waals surface area contributed by atoms with E-state index in [-0.39, 0.29) is 16.5 Å². The highest BCUT2D eigenvalue weighted by molar-refractivity contribution is 6.31. The van der Waals surface area contributed by atoms with Crippen molar-refractivity contribution in [3.8, 4) is 5.88 Å². The predicted octanol–water partition coefficient (Wildman–Crippen LogP) is 0.734. The van der Waals surface area contributed by atoms with E-state index in [2.05, 4.69) is 4.98 Å². The minimum atomic E-state index is -0.364. The third-order valence-corrected chi connectivity index (χ3v) is 1.15. The smallest absolute Gasteiger partial charge is 0.250 e. The lowest BCUT2D eigenvalue weighted by molar-refractivity contribution is 0.452. The van der Waals surface area contributed by atoms with Gasteiger partial charge in [0.2, 0.25) is 5.88 Å². The molecule has 0 bridgehead atoms. The molecule has 0 fully saturated rings. The molecular formula is C5H4ClNO2. The van der Waals surface area contributed by atoms with Gasteiger partial charge in [-0.05, 0) is 6.07 Å². The Bertz CT molecular complexity index is 268. The van der Waals surface area contributed by atoms with Gasteiger partial charge in [-0.2, -0.15) is 0 Å². The lowest BCUT2D eigenvalue weighted by atomic mass is 10.5. The second-order valence-electron chi connectivity index (χ2n) is 1.52. The molecule has 0 atom stereocenters. The number of aromatic hydroxyl groups is 1. The van der Waals surface area contributed by atoms with Gasteiger partial charge < -0.3 is 5.11 Å². The third-order valence-electron chi connectivity index (χ3n) is 0.849. The minimum Gasteiger partial charge on any atom is -0.493 e. The number of aromatic amines is 1. The highest BCUT2D eigenvalue weighted by atomic mass is 35.5. The molecule has 4 heteroatoms. The summed E-state index contributed by atoms with van der Waals surface area (Å²) in [5, 5.41) is 8.86. The summed E-state index contributed by atoms with van der Waals surface area (Å²) in [6.07, 6.45) is 0. The Morgan fingerprint density at radius 2 is 2.22 bits per heavy atom. The molecule has 1 rings (SSSR count). The van der Waals surface area contributed by atoms with E-state index >= 15 is 0 Å². The van der Waals surface area contributed by atoms with Crippen LogP contribution in [0.5, 0.6) is 5.88 Å². The van der Waals surface area contributed by atoms with Crippen LogP contribution >= 0.6 is 11.6 Å². The predicted molar refractivity (Wildman–Crippen MR) is 33.7 cm³/mol. The molecule has 1 aromatic rings. The van der Waals surface area contributed by atoms with Gasteiger partial charge in [-0.25, -0.2) is 0 Å². The van der Waals surface area contributed by atoms with Crippen LogP contribution in [0.3, 0.4) is 0 Å². The Morgan fingerprint density at radius 1 is 1.56 bits per heavy atom. The lowest BCUT2D eigenvalue weighted by Gasteiger charge is -1.90. The number of hydrogen-bond acceptors (Lipinski definition) is 2. The molecule has 9 heavy (non-hydrogen) atoms. The van der Waals surface area contributed by atoms with Crippen molar-refractivity contribution < 1.29 is 5.11 Å². The average Bonchev–Trinajstić information content (AvgIpc) is 1.80. The summed E-state index contributed by atoms with van der Waals surface area (Å²) in [5.74, 6) is -0.288. The van der Waals surface area contributed by atoms with Crippen molar-refractivity contribution in [2.24, 2.45) is 0 Å². The highest BCUT2D eigenvalue weighted by Gasteiger charge is 1.94. The van der Waals surface area contributed by atoms with Crippen LogP contribution < -0.4 is 5.56 Å². The minimum absolute atomic E-state index is 0.148. The Kier molecular flexibility index (Phi) is 1.44. The van der Waals surface area contributed by atoms with Gasteiger partial charge in [-0.15, -0.1) is 0 Å². The van der Waals surface area contributed by atoms with Crippen LogP contribution in [0.1, 0.15) is 0 Å². The summed E-state index contributed by atoms with van der Waals surface area (Å²) in [4.78, 5) is 12.5. The molecule has 0 unspecified atom stereocenters. The summed E-state index contributed by atoms with van der Waals surface area (Å²) in [6.45, 7) is 0. The number of hydrogen-bond donors (Lipinski definition) is 2. The average molecular weight is 146 g/mol. The molecule has 0 aliphatic carbocycles. The van der Waals surface area contributed by atoms with E-state index in [1.165, 1.54) is 12.1 Å². The van der Waals surface area contributed by atoms with E-state index in [4.69, 9.17) is 16.7 Å². The fourth-order valence-corrected chi connectivity index (χ4v) is 0.556. The number of rotatable bonds is 0. The van der Waals surface area contributed by atoms with E-state index < -0.39 is 0 Å². The van der Waals surface area contributed by atoms with Crippen molar-refractivity contribution in [2.75, 3.05) is 0 Å². The molecule has 0 spiro atoms. The SMILES string of the molecule is O=c1ccc(Cl)c(O)[nH]1. The maximum Gasteiger partial charge on any atom is 0.250 e. The Labute approximate surface area is 55.9 Å². The Hall–Kier alpha value is -0.960. The lowest BCUT2D eigenvalue weighted by Crippen LogP contribution is -2.01. The first-order chi connectivity index (χ1) is 4.20. The molecule has 0 saturated heterocycles. The van der Waals surface area contributed by atoms with E-state index in [0.29, 0.717) is 0 Å². The van der Waals surface area contributed by atoms with Crippen LogP contribution in [0.4, 0.5) is 0 Å². The third kappa shape index (κ3) is 1.23. The van der Waals surface area contributed by atoms with Gasteiger partial charge in [0, 0.05) is 6.07 Å². The van der Waals surface area contributed by atoms with Crippen LogP contribution in [-0.2, 0) is 0 Å². The molecular weight excluding hydrogens is 142 g/mol. The van der Waals surface area contributed by atoms with Gasteiger partial charge in [0.15, 0.2) is 0 Å². The van der Waals surface area contributed by atoms with Gasteiger partial charge in [-0.1, -0.05) is 11.6 Å². The molecule has 1 aromatic heterocycles. The monoisotopic (exact) mass is 145 g/mol. The molecule has 1 heterocycles. The molecule has 48 valence electrons. The van der Waals surface area contributed by atoms with Crippen LogP contribution in [0, 0.1) is 0 Å². The van der Waals surface area contributed by atoms with E-state index in [1.807, 2.05) is 0 Å². The standard InChI is InChI=1S/C5H4ClNO2/c6-3-1-2-4(8)7-5(3)9/h1-2H,(H2,7,8,9). The first-order valence-electron chi connectivity index (χ1n) is 2.28. The zero-order chi connectivity index (χ0) is 6.85. The van der Waals surface area contributed by atoms with Gasteiger partial charge in [-0.3, -0.25) is 9.78 Å². The number of aromatic nitrogens is 1. The topological polar surface area (TPSA) is 53.1 Å². The van der Waals surface area contributed by atoms with Crippen molar-refractivity contribution >= 4 is 11.6 Å². The summed E-state index contributed by atoms with van der Waals surface area (Å²) in [5.41, 5.74) is -0.364. The molecule has 0 aliphatic rings. The van der Waals surface area contributed by atoms with Crippen molar-refractivity contribution in [1.29, 1.82) is 0 Å². The van der Waals surface area contributed by atoms with Crippen LogP contribution in [0.2, 0.25) is 5.02 Å². The van der Waals surface area contributed by atoms with Crippen molar-refractivity contribution in [3.05, 3.63) is 27.5 Å². The molecule has 0 saturated carbocycles. The van der Waals surface area contributed by atoms with E-state index in [0.717, 1.165) is 0 Å². The fourth-order valence-electron chi connectivity index (χ4n) is 0.446. The zero-order valence-corrected chi connectivity index (χ0v) is 5.14. The fraction of sp³-hybridized carbons (Fsp3) is 0. The van der Waals surface area contributed by atoms with Crippen LogP contribution in [-0.4, -0.2) is 10.1 Å². The summed E-state index contributed by atoms with van der Waals surface area (Å²) in [6, 6.07) is 2.57. The molecule has 0 radical (unpaired) electrons. The number of nitrogens with one attached hydrogen (secondary N) is 1. The summed E-state index contributed by atoms with van der Waals surface area (Å²) < 4.78 is 0. The normalized spacial score (nSPS) is 9.44. The van der Waals surface area contributed by atoms with Crippen molar-refractivity contribution in [3.63, 3.8) is 0 Å². The molecule has 3 nitrogen and oxygen atoms in total. The maximum atomic E-state index is 10.4. The number of H-pyrrole nitrogens is 1. The van der Waals surface area contributed by atoms with Crippen molar-refractivity contribution in [1.82, 2.24) is 4.98 Å². The van der Waals surface area contributed by atoms with E-state index in [9.17, 15) is 4.79 Å². The maximum absolute atomic E-state index is 10.4. The number of pyridine rings is 1. The second kappa shape index (κ2) is 2.11. The summed E-state index contributed by atoms with van der Waals surface area (Å²) in [7, 11) is 0. The van der Waals surface area contributed by atoms with Crippen molar-refractivity contribution in [2.45, 2.75) is 0 Å². The highest BCUT2D eigenvalue weighted by Crippen LogP contribution is 2.15. The van der Waals surface area contributed by atoms with Gasteiger partial charge in [0.05, 0.1) is 0 Å². The van der Waals surface area contributed by atoms with Gasteiger partial charge >= 0.3 is 0 Å². The molecule has 0 amide bonds. The van der Waals surface area contributed by atoms with Crippen LogP contribution in [0.15, 0.2) is 16.9 Å². The Balaban J connectivity index is 3.34. The second-order valence-corrected chi connectivity index (χ2v) is 1.93. The van der Waals surface area contributed by atoms with E-state index in [1.54, 1.807) is 0 Å². The zero-order valence-electron chi connectivity index (χ0n) is 4.39. The quantitative estimate of drug-likeness (QED) is 0.566. The molecule has 0 aliphatic heterocycles. The van der Waals surface area contributed by atoms with Gasteiger partial charge in [0.25, 0.3) is 5.56 Å². The Morgan fingerprint density at radius 3 is 2.67 bits per heavy atom.